The average Bonchev–Trinajstić information content (AvgIpc) is 2.77. The largest absolute Gasteiger partial charge is 0.481 e. The summed E-state index contributed by atoms with van der Waals surface area (Å²) in [4.78, 5) is 22.0. The number of nitrogens with one attached hydrogen (secondary N) is 2. The van der Waals surface area contributed by atoms with Crippen LogP contribution in [0.1, 0.15) is 12.0 Å². The summed E-state index contributed by atoms with van der Waals surface area (Å²) in [6.45, 7) is 0.498. The van der Waals surface area contributed by atoms with E-state index in [1.165, 1.54) is 7.11 Å². The van der Waals surface area contributed by atoms with Crippen molar-refractivity contribution >= 4 is 12.0 Å². The summed E-state index contributed by atoms with van der Waals surface area (Å²) in [5.74, 6) is -0.968. The van der Waals surface area contributed by atoms with Gasteiger partial charge in [0.15, 0.2) is 0 Å². The maximum atomic E-state index is 11.5. The fourth-order valence-electron chi connectivity index (χ4n) is 1.45. The van der Waals surface area contributed by atoms with Gasteiger partial charge in [-0.3, -0.25) is 9.48 Å². The van der Waals surface area contributed by atoms with Crippen LogP contribution in [0.3, 0.4) is 0 Å². The highest BCUT2D eigenvalue weighted by Crippen LogP contribution is 1.96. The molecule has 0 radical (unpaired) electrons. The highest BCUT2D eigenvalue weighted by atomic mass is 16.5. The minimum atomic E-state index is -0.968. The van der Waals surface area contributed by atoms with E-state index in [0.29, 0.717) is 6.54 Å². The van der Waals surface area contributed by atoms with E-state index in [4.69, 9.17) is 9.84 Å². The van der Waals surface area contributed by atoms with E-state index in [9.17, 15) is 9.59 Å². The third kappa shape index (κ3) is 5.87. The van der Waals surface area contributed by atoms with E-state index in [-0.39, 0.29) is 19.0 Å². The van der Waals surface area contributed by atoms with E-state index in [1.54, 1.807) is 24.1 Å². The number of amides is 2. The predicted octanol–water partition coefficient (Wildman–Crippen LogP) is -0.291. The molecule has 0 aliphatic carbocycles. The molecule has 1 heterocycles. The first-order valence-electron chi connectivity index (χ1n) is 5.75. The van der Waals surface area contributed by atoms with Gasteiger partial charge in [0.2, 0.25) is 0 Å². The molecule has 0 saturated carbocycles. The highest BCUT2D eigenvalue weighted by Gasteiger charge is 2.13. The smallest absolute Gasteiger partial charge is 0.315 e. The molecule has 8 heteroatoms. The summed E-state index contributed by atoms with van der Waals surface area (Å²) >= 11 is 0. The van der Waals surface area contributed by atoms with E-state index in [0.717, 1.165) is 5.56 Å². The van der Waals surface area contributed by atoms with Crippen molar-refractivity contribution in [2.45, 2.75) is 19.1 Å². The molecule has 0 fully saturated rings. The first-order valence-corrected chi connectivity index (χ1v) is 5.75. The lowest BCUT2D eigenvalue weighted by atomic mass is 10.2. The van der Waals surface area contributed by atoms with Crippen LogP contribution in [0, 0.1) is 0 Å². The van der Waals surface area contributed by atoms with Gasteiger partial charge in [0.05, 0.1) is 18.7 Å². The Bertz CT molecular complexity index is 432. The molecule has 1 atom stereocenters. The number of rotatable bonds is 7. The van der Waals surface area contributed by atoms with Crippen LogP contribution in [-0.2, 0) is 23.1 Å². The molecule has 0 aromatic carbocycles. The summed E-state index contributed by atoms with van der Waals surface area (Å²) in [6, 6.07) is -0.378. The van der Waals surface area contributed by atoms with Crippen LogP contribution in [0.2, 0.25) is 0 Å². The zero-order valence-electron chi connectivity index (χ0n) is 10.9. The summed E-state index contributed by atoms with van der Waals surface area (Å²) in [5, 5.41) is 17.8. The van der Waals surface area contributed by atoms with Gasteiger partial charge in [-0.25, -0.2) is 4.79 Å². The third-order valence-corrected chi connectivity index (χ3v) is 2.44. The van der Waals surface area contributed by atoms with Crippen LogP contribution in [-0.4, -0.2) is 46.6 Å². The van der Waals surface area contributed by atoms with Crippen molar-refractivity contribution < 1.29 is 19.4 Å². The maximum Gasteiger partial charge on any atom is 0.315 e. The Hall–Kier alpha value is -2.09. The van der Waals surface area contributed by atoms with Crippen molar-refractivity contribution in [3.63, 3.8) is 0 Å². The van der Waals surface area contributed by atoms with Gasteiger partial charge in [-0.15, -0.1) is 0 Å². The number of ether oxygens (including phenoxy) is 1. The standard InChI is InChI=1S/C11H18N4O4/c1-15-7-8(5-14-15)4-12-11(18)13-6-9(19-2)3-10(16)17/h5,7,9H,3-4,6H2,1-2H3,(H,16,17)(H2,12,13,18). The molecule has 2 amide bonds. The zero-order chi connectivity index (χ0) is 14.3. The van der Waals surface area contributed by atoms with Gasteiger partial charge in [0, 0.05) is 39.0 Å². The molecule has 0 saturated heterocycles. The van der Waals surface area contributed by atoms with Gasteiger partial charge < -0.3 is 20.5 Å². The Morgan fingerprint density at radius 1 is 1.53 bits per heavy atom. The molecule has 0 aliphatic heterocycles. The number of carboxylic acid groups (broad SMARTS) is 1. The van der Waals surface area contributed by atoms with Crippen LogP contribution in [0.25, 0.3) is 0 Å². The second kappa shape index (κ2) is 7.37. The van der Waals surface area contributed by atoms with Crippen LogP contribution < -0.4 is 10.6 Å². The number of carbonyl (C=O) groups excluding carboxylic acids is 1. The quantitative estimate of drug-likeness (QED) is 0.631. The van der Waals surface area contributed by atoms with Crippen LogP contribution >= 0.6 is 0 Å². The molecule has 8 nitrogen and oxygen atoms in total. The summed E-state index contributed by atoms with van der Waals surface area (Å²) in [6.07, 6.45) is 2.76. The summed E-state index contributed by atoms with van der Waals surface area (Å²) < 4.78 is 6.58. The van der Waals surface area contributed by atoms with Gasteiger partial charge in [-0.05, 0) is 0 Å². The topological polar surface area (TPSA) is 105 Å². The van der Waals surface area contributed by atoms with Gasteiger partial charge >= 0.3 is 12.0 Å². The van der Waals surface area contributed by atoms with Crippen molar-refractivity contribution in [3.05, 3.63) is 18.0 Å². The number of carboxylic acids is 1. The van der Waals surface area contributed by atoms with E-state index < -0.39 is 12.1 Å². The Morgan fingerprint density at radius 2 is 2.26 bits per heavy atom. The van der Waals surface area contributed by atoms with Crippen LogP contribution in [0.5, 0.6) is 0 Å². The Kier molecular flexibility index (Phi) is 5.80. The molecule has 0 bridgehead atoms. The van der Waals surface area contributed by atoms with Gasteiger partial charge in [-0.2, -0.15) is 5.10 Å². The van der Waals surface area contributed by atoms with Crippen LogP contribution in [0.4, 0.5) is 4.79 Å². The minimum Gasteiger partial charge on any atom is -0.481 e. The second-order valence-electron chi connectivity index (χ2n) is 4.04. The van der Waals surface area contributed by atoms with Gasteiger partial charge in [0.25, 0.3) is 0 Å². The molecule has 1 unspecified atom stereocenters. The second-order valence-corrected chi connectivity index (χ2v) is 4.04. The minimum absolute atomic E-state index is 0.141. The summed E-state index contributed by atoms with van der Waals surface area (Å²) in [7, 11) is 3.20. The molecule has 0 spiro atoms. The summed E-state index contributed by atoms with van der Waals surface area (Å²) in [5.41, 5.74) is 0.881. The van der Waals surface area contributed by atoms with E-state index in [1.807, 2.05) is 0 Å². The molecule has 19 heavy (non-hydrogen) atoms. The number of aliphatic carboxylic acids is 1. The molecule has 1 rings (SSSR count). The fourth-order valence-corrected chi connectivity index (χ4v) is 1.45. The number of aromatic nitrogens is 2. The van der Waals surface area contributed by atoms with E-state index >= 15 is 0 Å². The predicted molar refractivity (Wildman–Crippen MR) is 66.5 cm³/mol. The first-order chi connectivity index (χ1) is 9.01. The number of methoxy groups -OCH3 is 1. The first kappa shape index (κ1) is 15.0. The van der Waals surface area contributed by atoms with Gasteiger partial charge in [-0.1, -0.05) is 0 Å². The molecular weight excluding hydrogens is 252 g/mol. The molecule has 1 aromatic rings. The number of carbonyl (C=O) groups is 2. The molecular formula is C11H18N4O4. The number of hydrogen-bond donors (Lipinski definition) is 3. The fraction of sp³-hybridized carbons (Fsp3) is 0.545. The van der Waals surface area contributed by atoms with Crippen molar-refractivity contribution in [3.8, 4) is 0 Å². The maximum absolute atomic E-state index is 11.5. The van der Waals surface area contributed by atoms with Crippen LogP contribution in [0.15, 0.2) is 12.4 Å². The molecule has 1 aromatic heterocycles. The molecule has 0 aliphatic rings. The highest BCUT2D eigenvalue weighted by molar-refractivity contribution is 5.74. The monoisotopic (exact) mass is 270 g/mol. The SMILES string of the molecule is COC(CNC(=O)NCc1cnn(C)c1)CC(=O)O. The number of hydrogen-bond acceptors (Lipinski definition) is 4. The molecule has 3 N–H and O–H groups in total. The Morgan fingerprint density at radius 3 is 2.79 bits per heavy atom. The van der Waals surface area contributed by atoms with Crippen molar-refractivity contribution in [2.75, 3.05) is 13.7 Å². The Labute approximate surface area is 110 Å². The number of aryl methyl sites for hydroxylation is 1. The average molecular weight is 270 g/mol. The number of nitrogens with zero attached hydrogens (tertiary/aromatic N) is 2. The lowest BCUT2D eigenvalue weighted by Crippen LogP contribution is -2.40. The van der Waals surface area contributed by atoms with E-state index in [2.05, 4.69) is 15.7 Å². The normalized spacial score (nSPS) is 11.9. The zero-order valence-corrected chi connectivity index (χ0v) is 10.9. The van der Waals surface area contributed by atoms with Gasteiger partial charge in [0.1, 0.15) is 0 Å². The van der Waals surface area contributed by atoms with Crippen molar-refractivity contribution in [2.24, 2.45) is 7.05 Å². The van der Waals surface area contributed by atoms with Crippen molar-refractivity contribution in [1.82, 2.24) is 20.4 Å². The molecule has 106 valence electrons. The third-order valence-electron chi connectivity index (χ3n) is 2.44. The number of urea groups is 1. The lowest BCUT2D eigenvalue weighted by molar-refractivity contribution is -0.139. The lowest BCUT2D eigenvalue weighted by Gasteiger charge is -2.14. The van der Waals surface area contributed by atoms with Crippen molar-refractivity contribution in [1.29, 1.82) is 0 Å². The Balaban J connectivity index is 2.25.